The predicted molar refractivity (Wildman–Crippen MR) is 86.4 cm³/mol. The van der Waals surface area contributed by atoms with Crippen molar-refractivity contribution in [1.29, 1.82) is 0 Å². The molecule has 112 valence electrons. The predicted octanol–water partition coefficient (Wildman–Crippen LogP) is 4.55. The van der Waals surface area contributed by atoms with Crippen LogP contribution in [0.4, 0.5) is 4.79 Å². The zero-order valence-corrected chi connectivity index (χ0v) is 12.5. The number of thiophene rings is 1. The summed E-state index contributed by atoms with van der Waals surface area (Å²) in [6.45, 7) is 0. The molecule has 0 aliphatic heterocycles. The van der Waals surface area contributed by atoms with Gasteiger partial charge in [-0.1, -0.05) is 48.5 Å². The highest BCUT2D eigenvalue weighted by Crippen LogP contribution is 2.34. The molecule has 5 heteroatoms. The van der Waals surface area contributed by atoms with Crippen molar-refractivity contribution in [3.05, 3.63) is 71.1 Å². The molecule has 2 aromatic carbocycles. The van der Waals surface area contributed by atoms with Crippen molar-refractivity contribution in [2.75, 3.05) is 0 Å². The van der Waals surface area contributed by atoms with Gasteiger partial charge in [0.15, 0.2) is 0 Å². The van der Waals surface area contributed by atoms with Gasteiger partial charge < -0.3 is 5.11 Å². The van der Waals surface area contributed by atoms with E-state index < -0.39 is 12.1 Å². The number of nitrogens with zero attached hydrogens (tertiary/aromatic N) is 1. The molecule has 1 heterocycles. The molecule has 0 aliphatic carbocycles. The molecular weight excluding hydrogens is 298 g/mol. The highest BCUT2D eigenvalue weighted by atomic mass is 32.1. The molecule has 1 atom stereocenters. The summed E-state index contributed by atoms with van der Waals surface area (Å²) in [6, 6.07) is 18.8. The van der Waals surface area contributed by atoms with Crippen LogP contribution in [0.15, 0.2) is 60.7 Å². The molecule has 3 aromatic rings. The van der Waals surface area contributed by atoms with Crippen LogP contribution in [-0.2, 0) is 6.42 Å². The number of hydroxylamine groups is 2. The number of amides is 1. The van der Waals surface area contributed by atoms with Crippen molar-refractivity contribution in [2.45, 2.75) is 12.5 Å². The minimum atomic E-state index is -1.35. The number of hydrogen-bond acceptors (Lipinski definition) is 3. The average Bonchev–Trinajstić information content (AvgIpc) is 2.96. The maximum Gasteiger partial charge on any atom is 0.431 e. The molecule has 0 saturated carbocycles. The topological polar surface area (TPSA) is 60.8 Å². The van der Waals surface area contributed by atoms with Gasteiger partial charge in [-0.15, -0.1) is 11.3 Å². The highest BCUT2D eigenvalue weighted by Gasteiger charge is 2.25. The summed E-state index contributed by atoms with van der Waals surface area (Å²) in [5.74, 6) is 0. The van der Waals surface area contributed by atoms with Crippen LogP contribution < -0.4 is 0 Å². The van der Waals surface area contributed by atoms with Crippen LogP contribution in [0.2, 0.25) is 0 Å². The third-order valence-corrected chi connectivity index (χ3v) is 4.75. The van der Waals surface area contributed by atoms with Gasteiger partial charge >= 0.3 is 6.09 Å². The first-order valence-electron chi connectivity index (χ1n) is 6.88. The molecule has 1 amide bonds. The second-order valence-corrected chi connectivity index (χ2v) is 6.13. The fraction of sp³-hybridized carbons (Fsp3) is 0.118. The molecule has 0 bridgehead atoms. The first-order chi connectivity index (χ1) is 10.6. The highest BCUT2D eigenvalue weighted by molar-refractivity contribution is 7.19. The van der Waals surface area contributed by atoms with Crippen molar-refractivity contribution >= 4 is 27.5 Å². The Balaban J connectivity index is 1.98. The van der Waals surface area contributed by atoms with Gasteiger partial charge in [-0.2, -0.15) is 5.06 Å². The average molecular weight is 313 g/mol. The monoisotopic (exact) mass is 313 g/mol. The largest absolute Gasteiger partial charge is 0.463 e. The van der Waals surface area contributed by atoms with E-state index in [0.717, 1.165) is 20.5 Å². The summed E-state index contributed by atoms with van der Waals surface area (Å²) >= 11 is 1.51. The number of rotatable bonds is 4. The van der Waals surface area contributed by atoms with Crippen LogP contribution in [0.1, 0.15) is 16.5 Å². The van der Waals surface area contributed by atoms with Gasteiger partial charge in [-0.05, 0) is 23.1 Å². The molecule has 2 N–H and O–H groups in total. The van der Waals surface area contributed by atoms with E-state index in [1.807, 2.05) is 60.7 Å². The molecule has 0 fully saturated rings. The van der Waals surface area contributed by atoms with E-state index >= 15 is 0 Å². The number of carboxylic acid groups (broad SMARTS) is 1. The Hall–Kier alpha value is -2.37. The van der Waals surface area contributed by atoms with Crippen LogP contribution in [0.25, 0.3) is 10.1 Å². The molecule has 0 saturated heterocycles. The molecule has 0 radical (unpaired) electrons. The Morgan fingerprint density at radius 2 is 1.77 bits per heavy atom. The summed E-state index contributed by atoms with van der Waals surface area (Å²) in [5, 5.41) is 20.6. The number of benzene rings is 2. The summed E-state index contributed by atoms with van der Waals surface area (Å²) in [4.78, 5) is 12.0. The number of carbonyl (C=O) groups is 1. The standard InChI is InChI=1S/C17H15NO3S/c19-17(20)18(21)14(10-12-6-2-1-3-7-12)16-11-13-8-4-5-9-15(13)22-16/h1-9,11,14,21H,10H2,(H,19,20). The van der Waals surface area contributed by atoms with E-state index in [-0.39, 0.29) is 0 Å². The van der Waals surface area contributed by atoms with Crippen molar-refractivity contribution in [1.82, 2.24) is 5.06 Å². The van der Waals surface area contributed by atoms with Crippen LogP contribution in [-0.4, -0.2) is 21.5 Å². The molecule has 0 spiro atoms. The van der Waals surface area contributed by atoms with Crippen LogP contribution in [0, 0.1) is 0 Å². The van der Waals surface area contributed by atoms with Gasteiger partial charge in [-0.25, -0.2) is 4.79 Å². The van der Waals surface area contributed by atoms with Gasteiger partial charge in [0.05, 0.1) is 0 Å². The van der Waals surface area contributed by atoms with Gasteiger partial charge in [0.2, 0.25) is 0 Å². The lowest BCUT2D eigenvalue weighted by molar-refractivity contribution is -0.0967. The SMILES string of the molecule is O=C(O)N(O)C(Cc1ccccc1)c1cc2ccccc2s1. The van der Waals surface area contributed by atoms with Crippen molar-refractivity contribution in [3.8, 4) is 0 Å². The summed E-state index contributed by atoms with van der Waals surface area (Å²) < 4.78 is 1.08. The van der Waals surface area contributed by atoms with Crippen LogP contribution >= 0.6 is 11.3 Å². The van der Waals surface area contributed by atoms with E-state index in [1.54, 1.807) is 0 Å². The van der Waals surface area contributed by atoms with Crippen molar-refractivity contribution in [3.63, 3.8) is 0 Å². The van der Waals surface area contributed by atoms with Gasteiger partial charge in [-0.3, -0.25) is 5.21 Å². The number of fused-ring (bicyclic) bond motifs is 1. The molecule has 1 unspecified atom stereocenters. The Labute approximate surface area is 131 Å². The fourth-order valence-electron chi connectivity index (χ4n) is 2.44. The molecule has 1 aromatic heterocycles. The Kier molecular flexibility index (Phi) is 4.09. The molecular formula is C17H15NO3S. The number of hydrogen-bond donors (Lipinski definition) is 2. The maximum atomic E-state index is 11.2. The third kappa shape index (κ3) is 2.95. The van der Waals surface area contributed by atoms with E-state index in [9.17, 15) is 10.0 Å². The molecule has 0 aliphatic rings. The Morgan fingerprint density at radius 1 is 1.09 bits per heavy atom. The van der Waals surface area contributed by atoms with Gasteiger partial charge in [0.1, 0.15) is 6.04 Å². The lowest BCUT2D eigenvalue weighted by Crippen LogP contribution is -2.31. The lowest BCUT2D eigenvalue weighted by Gasteiger charge is -2.22. The molecule has 4 nitrogen and oxygen atoms in total. The van der Waals surface area contributed by atoms with E-state index in [0.29, 0.717) is 11.5 Å². The first kappa shape index (κ1) is 14.6. The second kappa shape index (κ2) is 6.17. The Bertz CT molecular complexity index is 752. The van der Waals surface area contributed by atoms with Crippen molar-refractivity contribution in [2.24, 2.45) is 0 Å². The van der Waals surface area contributed by atoms with Gasteiger partial charge in [0.25, 0.3) is 0 Å². The van der Waals surface area contributed by atoms with E-state index in [4.69, 9.17) is 5.11 Å². The summed E-state index contributed by atoms with van der Waals surface area (Å²) in [6.07, 6.45) is -0.922. The summed E-state index contributed by atoms with van der Waals surface area (Å²) in [5.41, 5.74) is 0.977. The van der Waals surface area contributed by atoms with Crippen molar-refractivity contribution < 1.29 is 15.1 Å². The normalized spacial score (nSPS) is 12.2. The minimum Gasteiger partial charge on any atom is -0.463 e. The lowest BCUT2D eigenvalue weighted by atomic mass is 10.0. The zero-order chi connectivity index (χ0) is 15.5. The minimum absolute atomic E-state index is 0.401. The smallest absolute Gasteiger partial charge is 0.431 e. The maximum absolute atomic E-state index is 11.2. The molecule has 22 heavy (non-hydrogen) atoms. The third-order valence-electron chi connectivity index (χ3n) is 3.54. The zero-order valence-electron chi connectivity index (χ0n) is 11.7. The van der Waals surface area contributed by atoms with E-state index in [2.05, 4.69) is 0 Å². The first-order valence-corrected chi connectivity index (χ1v) is 7.70. The van der Waals surface area contributed by atoms with E-state index in [1.165, 1.54) is 11.3 Å². The summed E-state index contributed by atoms with van der Waals surface area (Å²) in [7, 11) is 0. The van der Waals surface area contributed by atoms with Crippen LogP contribution in [0.3, 0.4) is 0 Å². The molecule has 3 rings (SSSR count). The Morgan fingerprint density at radius 3 is 2.45 bits per heavy atom. The quantitative estimate of drug-likeness (QED) is 0.548. The van der Waals surface area contributed by atoms with Gasteiger partial charge in [0, 0.05) is 16.0 Å². The second-order valence-electron chi connectivity index (χ2n) is 5.02. The van der Waals surface area contributed by atoms with Crippen LogP contribution in [0.5, 0.6) is 0 Å². The fourth-order valence-corrected chi connectivity index (χ4v) is 3.60.